The number of carbonyl (C=O) groups excluding carboxylic acids is 5. The number of nitrogens with zero attached hydrogens (tertiary/aromatic N) is 2. The van der Waals surface area contributed by atoms with Gasteiger partial charge in [0.15, 0.2) is 0 Å². The molecule has 0 radical (unpaired) electrons. The Morgan fingerprint density at radius 3 is 2.07 bits per heavy atom. The van der Waals surface area contributed by atoms with Crippen LogP contribution in [0, 0.1) is 5.92 Å². The largest absolute Gasteiger partial charge is 0.548 e. The molecule has 2 saturated heterocycles. The number of amides is 4. The van der Waals surface area contributed by atoms with E-state index in [9.17, 15) is 24.0 Å². The van der Waals surface area contributed by atoms with Gasteiger partial charge in [-0.05, 0) is 73.9 Å². The van der Waals surface area contributed by atoms with Crippen molar-refractivity contribution in [1.82, 2.24) is 25.2 Å². The van der Waals surface area contributed by atoms with Crippen molar-refractivity contribution in [2.24, 2.45) is 5.92 Å². The Morgan fingerprint density at radius 1 is 0.780 bits per heavy atom. The van der Waals surface area contributed by atoms with Crippen molar-refractivity contribution >= 4 is 48.1 Å². The van der Waals surface area contributed by atoms with E-state index in [2.05, 4.69) is 16.0 Å². The van der Waals surface area contributed by atoms with Crippen LogP contribution in [0.2, 0.25) is 0 Å². The van der Waals surface area contributed by atoms with Gasteiger partial charge in [0, 0.05) is 37.4 Å². The van der Waals surface area contributed by atoms with E-state index >= 15 is 4.57 Å². The highest BCUT2D eigenvalue weighted by Crippen LogP contribution is 2.52. The molecule has 2 fully saturated rings. The molecule has 2 aliphatic rings. The summed E-state index contributed by atoms with van der Waals surface area (Å²) in [5, 5.41) is 9.54. The quantitative estimate of drug-likeness (QED) is 0.0794. The van der Waals surface area contributed by atoms with Gasteiger partial charge in [-0.3, -0.25) is 24.0 Å². The van der Waals surface area contributed by atoms with E-state index in [1.54, 1.807) is 71.8 Å². The number of Topliss-reactive ketones (excluding diaryl/α,β-unsaturated/α-hetero) is 1. The molecule has 14 heteroatoms. The molecule has 1 unspecified atom stereocenters. The molecule has 0 aliphatic carbocycles. The molecule has 2 aliphatic heterocycles. The number of hydrogen-bond acceptors (Lipinski definition) is 8. The first-order chi connectivity index (χ1) is 28.5. The normalized spacial score (nSPS) is 21.0. The number of ketones is 1. The first-order valence-corrected chi connectivity index (χ1v) is 22.4. The Kier molecular flexibility index (Phi) is 14.7. The van der Waals surface area contributed by atoms with Gasteiger partial charge in [-0.25, -0.2) is 8.90 Å². The van der Waals surface area contributed by atoms with Gasteiger partial charge in [-0.15, -0.1) is 0 Å². The molecule has 13 nitrogen and oxygen atoms in total. The number of piperidine rings is 1. The fourth-order valence-electron chi connectivity index (χ4n) is 7.78. The van der Waals surface area contributed by atoms with Crippen LogP contribution in [0.15, 0.2) is 91.1 Å². The average molecular weight is 826 g/mol. The van der Waals surface area contributed by atoms with Crippen molar-refractivity contribution < 1.29 is 37.6 Å². The van der Waals surface area contributed by atoms with Crippen LogP contribution in [0.3, 0.4) is 0 Å². The molecule has 4 aromatic rings. The zero-order chi connectivity index (χ0) is 41.9. The Bertz CT molecular complexity index is 2100. The summed E-state index contributed by atoms with van der Waals surface area (Å²) < 4.78 is 28.9. The maximum absolute atomic E-state index is 15.1. The SMILES string of the molecule is CCC(=O)CCCCC[C@H]1NC(=O)[C@H]2CCCCN2C(=O)[C@@H](C(C)CC)NC(=O)[C@@H](Cc2cn(P(=O)(Oc3ccccc3)Oc3ccccc3)c3ccccc23)NC1=O. The third-order valence-corrected chi connectivity index (χ3v) is 13.1. The summed E-state index contributed by atoms with van der Waals surface area (Å²) in [6.45, 7) is 6.01. The summed E-state index contributed by atoms with van der Waals surface area (Å²) in [5.74, 6) is -1.29. The second kappa shape index (κ2) is 20.0. The molecule has 6 rings (SSSR count). The van der Waals surface area contributed by atoms with Gasteiger partial charge in [-0.1, -0.05) is 94.6 Å². The summed E-state index contributed by atoms with van der Waals surface area (Å²) >= 11 is 0. The predicted molar refractivity (Wildman–Crippen MR) is 226 cm³/mol. The second-order valence-electron chi connectivity index (χ2n) is 15.5. The van der Waals surface area contributed by atoms with Gasteiger partial charge in [-0.2, -0.15) is 0 Å². The summed E-state index contributed by atoms with van der Waals surface area (Å²) in [6, 6.07) is 20.7. The minimum Gasteiger partial charge on any atom is -0.400 e. The molecule has 0 bridgehead atoms. The van der Waals surface area contributed by atoms with E-state index in [1.165, 1.54) is 4.34 Å². The predicted octanol–water partition coefficient (Wildman–Crippen LogP) is 7.12. The van der Waals surface area contributed by atoms with Crippen molar-refractivity contribution in [3.05, 3.63) is 96.7 Å². The van der Waals surface area contributed by atoms with E-state index in [1.807, 2.05) is 45.0 Å². The molecule has 4 amide bonds. The van der Waals surface area contributed by atoms with Crippen LogP contribution in [-0.2, 0) is 35.0 Å². The van der Waals surface area contributed by atoms with Crippen molar-refractivity contribution in [3.8, 4) is 11.5 Å². The highest BCUT2D eigenvalue weighted by Gasteiger charge is 2.41. The first kappa shape index (κ1) is 43.2. The highest BCUT2D eigenvalue weighted by atomic mass is 31.2. The Morgan fingerprint density at radius 2 is 1.41 bits per heavy atom. The molecular weight excluding hydrogens is 769 g/mol. The zero-order valence-corrected chi connectivity index (χ0v) is 35.0. The van der Waals surface area contributed by atoms with Crippen molar-refractivity contribution in [1.29, 1.82) is 0 Å². The van der Waals surface area contributed by atoms with Gasteiger partial charge in [0.05, 0.1) is 5.52 Å². The number of aromatic nitrogens is 1. The third kappa shape index (κ3) is 10.6. The fraction of sp³-hybridized carbons (Fsp3) is 0.444. The Balaban J connectivity index is 1.38. The van der Waals surface area contributed by atoms with Crippen molar-refractivity contribution in [2.45, 2.75) is 116 Å². The van der Waals surface area contributed by atoms with Crippen LogP contribution in [-0.4, -0.2) is 69.4 Å². The topological polar surface area (TPSA) is 165 Å². The molecule has 59 heavy (non-hydrogen) atoms. The van der Waals surface area contributed by atoms with E-state index in [0.29, 0.717) is 79.5 Å². The number of benzene rings is 3. The van der Waals surface area contributed by atoms with Crippen molar-refractivity contribution in [3.63, 3.8) is 0 Å². The lowest BCUT2D eigenvalue weighted by Crippen LogP contribution is -2.64. The molecular formula is C45H56N5O8P. The molecule has 5 atom stereocenters. The molecule has 1 aromatic heterocycles. The van der Waals surface area contributed by atoms with Crippen molar-refractivity contribution in [2.75, 3.05) is 6.54 Å². The lowest BCUT2D eigenvalue weighted by atomic mass is 9.93. The van der Waals surface area contributed by atoms with Gasteiger partial charge < -0.3 is 29.9 Å². The van der Waals surface area contributed by atoms with Crippen LogP contribution < -0.4 is 25.0 Å². The summed E-state index contributed by atoms with van der Waals surface area (Å²) in [5.41, 5.74) is 1.07. The van der Waals surface area contributed by atoms with E-state index < -0.39 is 49.6 Å². The Hall–Kier alpha value is -5.42. The molecule has 3 N–H and O–H groups in total. The number of nitrogens with one attached hydrogen (secondary N) is 3. The number of rotatable bonds is 16. The first-order valence-electron chi connectivity index (χ1n) is 20.9. The highest BCUT2D eigenvalue weighted by molar-refractivity contribution is 7.53. The van der Waals surface area contributed by atoms with Gasteiger partial charge >= 0.3 is 7.75 Å². The molecule has 3 heterocycles. The van der Waals surface area contributed by atoms with Crippen LogP contribution in [0.4, 0.5) is 0 Å². The van der Waals surface area contributed by atoms with E-state index in [4.69, 9.17) is 9.05 Å². The number of para-hydroxylation sites is 3. The lowest BCUT2D eigenvalue weighted by Gasteiger charge is -2.39. The Labute approximate surface area is 346 Å². The van der Waals surface area contributed by atoms with Gasteiger partial charge in [0.25, 0.3) is 0 Å². The second-order valence-corrected chi connectivity index (χ2v) is 17.3. The van der Waals surface area contributed by atoms with E-state index in [-0.39, 0.29) is 30.4 Å². The van der Waals surface area contributed by atoms with Crippen LogP contribution in [0.1, 0.15) is 90.5 Å². The van der Waals surface area contributed by atoms with Crippen LogP contribution >= 0.6 is 7.75 Å². The maximum Gasteiger partial charge on any atom is 0.548 e. The minimum absolute atomic E-state index is 0.0602. The van der Waals surface area contributed by atoms with Gasteiger partial charge in [0.1, 0.15) is 41.4 Å². The summed E-state index contributed by atoms with van der Waals surface area (Å²) in [6.07, 6.45) is 7.15. The summed E-state index contributed by atoms with van der Waals surface area (Å²) in [4.78, 5) is 70.8. The van der Waals surface area contributed by atoms with Crippen LogP contribution in [0.5, 0.6) is 11.5 Å². The fourth-order valence-corrected chi connectivity index (χ4v) is 9.49. The minimum atomic E-state index is -4.24. The molecule has 0 saturated carbocycles. The summed E-state index contributed by atoms with van der Waals surface area (Å²) in [7, 11) is -4.24. The molecule has 3 aromatic carbocycles. The molecule has 314 valence electrons. The third-order valence-electron chi connectivity index (χ3n) is 11.4. The monoisotopic (exact) mass is 825 g/mol. The number of unbranched alkanes of at least 4 members (excludes halogenated alkanes) is 2. The smallest absolute Gasteiger partial charge is 0.400 e. The van der Waals surface area contributed by atoms with Crippen LogP contribution in [0.25, 0.3) is 10.9 Å². The number of hydrogen-bond donors (Lipinski definition) is 3. The number of carbonyl (C=O) groups is 5. The number of fused-ring (bicyclic) bond motifs is 2. The zero-order valence-electron chi connectivity index (χ0n) is 34.1. The maximum atomic E-state index is 15.1. The average Bonchev–Trinajstić information content (AvgIpc) is 3.63. The van der Waals surface area contributed by atoms with E-state index in [0.717, 1.165) is 12.8 Å². The van der Waals surface area contributed by atoms with Gasteiger partial charge in [0.2, 0.25) is 23.6 Å². The molecule has 0 spiro atoms. The lowest BCUT2D eigenvalue weighted by molar-refractivity contribution is -0.147. The standard InChI is InChI=1S/C45H56N5O8P/c1-4-31(3)41-45(55)49-28-18-17-27-40(49)44(54)46-37(25-14-6-9-19-33(51)5-2)42(52)47-38(43(53)48-41)29-32-30-50(39-26-16-15-24-36(32)39)59(56,57-34-20-10-7-11-21-34)58-35-22-12-8-13-23-35/h7-8,10-13,15-16,20-24,26,30-31,37-38,40-41H,4-6,9,14,17-19,25,27-29H2,1-3H3,(H,46,54)(H,47,52)(H,48,53)/t31?,37-,38-,40-,41-/m1/s1.